The van der Waals surface area contributed by atoms with Crippen LogP contribution >= 0.6 is 0 Å². The van der Waals surface area contributed by atoms with Crippen LogP contribution in [0, 0.1) is 13.8 Å². The summed E-state index contributed by atoms with van der Waals surface area (Å²) in [5, 5.41) is 6.46. The molecule has 5 nitrogen and oxygen atoms in total. The van der Waals surface area contributed by atoms with Gasteiger partial charge in [0.2, 0.25) is 0 Å². The molecule has 0 fully saturated rings. The average Bonchev–Trinajstić information content (AvgIpc) is 2.41. The maximum atomic E-state index is 11.4. The summed E-state index contributed by atoms with van der Waals surface area (Å²) >= 11 is 0. The number of aryl methyl sites for hydroxylation is 2. The van der Waals surface area contributed by atoms with Crippen LogP contribution in [0.3, 0.4) is 0 Å². The molecule has 0 radical (unpaired) electrons. The lowest BCUT2D eigenvalue weighted by Crippen LogP contribution is -2.32. The van der Waals surface area contributed by atoms with E-state index < -0.39 is 11.7 Å². The van der Waals surface area contributed by atoms with Crippen molar-refractivity contribution in [3.8, 4) is 0 Å². The SMILES string of the molecule is Cc1noc(C)c1CNC(=O)OC(C)(C)C. The first-order valence-electron chi connectivity index (χ1n) is 5.18. The molecule has 1 N–H and O–H groups in total. The van der Waals surface area contributed by atoms with Gasteiger partial charge in [-0.15, -0.1) is 0 Å². The molecule has 1 amide bonds. The van der Waals surface area contributed by atoms with Crippen LogP contribution in [0.15, 0.2) is 4.52 Å². The number of ether oxygens (including phenoxy) is 1. The van der Waals surface area contributed by atoms with Crippen molar-refractivity contribution in [2.45, 2.75) is 46.8 Å². The number of nitrogens with zero attached hydrogens (tertiary/aromatic N) is 1. The number of aromatic nitrogens is 1. The highest BCUT2D eigenvalue weighted by Gasteiger charge is 2.17. The van der Waals surface area contributed by atoms with Crippen LogP contribution < -0.4 is 5.32 Å². The molecule has 1 heterocycles. The molecule has 0 unspecified atom stereocenters. The first-order valence-corrected chi connectivity index (χ1v) is 5.18. The van der Waals surface area contributed by atoms with Gasteiger partial charge in [-0.2, -0.15) is 0 Å². The molecular formula is C11H18N2O3. The standard InChI is InChI=1S/C11H18N2O3/c1-7-9(8(2)16-13-7)6-12-10(14)15-11(3,4)5/h6H2,1-5H3,(H,12,14). The van der Waals surface area contributed by atoms with Crippen molar-refractivity contribution in [1.29, 1.82) is 0 Å². The largest absolute Gasteiger partial charge is 0.444 e. The van der Waals surface area contributed by atoms with Crippen LogP contribution in [-0.2, 0) is 11.3 Å². The highest BCUT2D eigenvalue weighted by molar-refractivity contribution is 5.67. The molecule has 1 aromatic rings. The minimum Gasteiger partial charge on any atom is -0.444 e. The van der Waals surface area contributed by atoms with E-state index in [-0.39, 0.29) is 0 Å². The monoisotopic (exact) mass is 226 g/mol. The van der Waals surface area contributed by atoms with E-state index in [2.05, 4.69) is 10.5 Å². The third-order valence-corrected chi connectivity index (χ3v) is 1.99. The molecule has 0 aliphatic heterocycles. The first kappa shape index (κ1) is 12.5. The van der Waals surface area contributed by atoms with Crippen LogP contribution in [0.4, 0.5) is 4.79 Å². The van der Waals surface area contributed by atoms with Crippen molar-refractivity contribution in [2.75, 3.05) is 0 Å². The molecule has 0 aliphatic carbocycles. The summed E-state index contributed by atoms with van der Waals surface area (Å²) in [6.07, 6.45) is -0.438. The van der Waals surface area contributed by atoms with E-state index in [4.69, 9.17) is 9.26 Å². The summed E-state index contributed by atoms with van der Waals surface area (Å²) < 4.78 is 10.1. The quantitative estimate of drug-likeness (QED) is 0.840. The number of rotatable bonds is 2. The van der Waals surface area contributed by atoms with Gasteiger partial charge in [-0.1, -0.05) is 5.16 Å². The Kier molecular flexibility index (Phi) is 3.57. The predicted octanol–water partition coefficient (Wildman–Crippen LogP) is 2.32. The second-order valence-electron chi connectivity index (χ2n) is 4.66. The Morgan fingerprint density at radius 3 is 2.50 bits per heavy atom. The Bertz CT molecular complexity index is 358. The summed E-state index contributed by atoms with van der Waals surface area (Å²) in [6, 6.07) is 0. The van der Waals surface area contributed by atoms with Crippen molar-refractivity contribution in [2.24, 2.45) is 0 Å². The number of alkyl carbamates (subject to hydrolysis) is 1. The normalized spacial score (nSPS) is 11.3. The molecule has 0 bridgehead atoms. The number of carbonyl (C=O) groups excluding carboxylic acids is 1. The fourth-order valence-electron chi connectivity index (χ4n) is 1.23. The number of nitrogens with one attached hydrogen (secondary N) is 1. The van der Waals surface area contributed by atoms with Crippen LogP contribution in [0.2, 0.25) is 0 Å². The van der Waals surface area contributed by atoms with Crippen molar-refractivity contribution < 1.29 is 14.1 Å². The third-order valence-electron chi connectivity index (χ3n) is 1.99. The van der Waals surface area contributed by atoms with Crippen molar-refractivity contribution >= 4 is 6.09 Å². The lowest BCUT2D eigenvalue weighted by Gasteiger charge is -2.19. The van der Waals surface area contributed by atoms with Gasteiger partial charge in [0.15, 0.2) is 0 Å². The van der Waals surface area contributed by atoms with Crippen LogP contribution in [-0.4, -0.2) is 16.9 Å². The highest BCUT2D eigenvalue weighted by Crippen LogP contribution is 2.12. The molecule has 1 rings (SSSR count). The van der Waals surface area contributed by atoms with Gasteiger partial charge in [0.05, 0.1) is 12.2 Å². The Labute approximate surface area is 95.1 Å². The van der Waals surface area contributed by atoms with Gasteiger partial charge in [0.1, 0.15) is 11.4 Å². The van der Waals surface area contributed by atoms with Crippen molar-refractivity contribution in [3.05, 3.63) is 17.0 Å². The van der Waals surface area contributed by atoms with Gasteiger partial charge in [0.25, 0.3) is 0 Å². The molecule has 1 aromatic heterocycles. The molecule has 0 aromatic carbocycles. The maximum absolute atomic E-state index is 11.4. The zero-order valence-corrected chi connectivity index (χ0v) is 10.4. The zero-order chi connectivity index (χ0) is 12.3. The van der Waals surface area contributed by atoms with Gasteiger partial charge in [0, 0.05) is 5.56 Å². The predicted molar refractivity (Wildman–Crippen MR) is 59.1 cm³/mol. The number of amides is 1. The minimum atomic E-state index is -0.483. The van der Waals surface area contributed by atoms with E-state index in [1.165, 1.54) is 0 Å². The maximum Gasteiger partial charge on any atom is 0.407 e. The van der Waals surface area contributed by atoms with E-state index in [0.717, 1.165) is 11.3 Å². The van der Waals surface area contributed by atoms with Gasteiger partial charge < -0.3 is 14.6 Å². The summed E-state index contributed by atoms with van der Waals surface area (Å²) in [6.45, 7) is 9.48. The lowest BCUT2D eigenvalue weighted by atomic mass is 10.2. The fourth-order valence-corrected chi connectivity index (χ4v) is 1.23. The average molecular weight is 226 g/mol. The zero-order valence-electron chi connectivity index (χ0n) is 10.4. The molecule has 0 spiro atoms. The number of carbonyl (C=O) groups is 1. The van der Waals surface area contributed by atoms with E-state index in [1.807, 2.05) is 34.6 Å². The van der Waals surface area contributed by atoms with Crippen molar-refractivity contribution in [3.63, 3.8) is 0 Å². The summed E-state index contributed by atoms with van der Waals surface area (Å²) in [4.78, 5) is 11.4. The topological polar surface area (TPSA) is 64.4 Å². The Hall–Kier alpha value is -1.52. The fraction of sp³-hybridized carbons (Fsp3) is 0.636. The molecule has 0 aliphatic rings. The summed E-state index contributed by atoms with van der Waals surface area (Å²) in [5.41, 5.74) is 1.20. The van der Waals surface area contributed by atoms with Crippen LogP contribution in [0.1, 0.15) is 37.8 Å². The van der Waals surface area contributed by atoms with Crippen LogP contribution in [0.5, 0.6) is 0 Å². The Balaban J connectivity index is 2.50. The smallest absolute Gasteiger partial charge is 0.407 e. The van der Waals surface area contributed by atoms with Gasteiger partial charge >= 0.3 is 6.09 Å². The Morgan fingerprint density at radius 2 is 2.06 bits per heavy atom. The lowest BCUT2D eigenvalue weighted by molar-refractivity contribution is 0.0523. The first-order chi connectivity index (χ1) is 7.29. The summed E-state index contributed by atoms with van der Waals surface area (Å²) in [5.74, 6) is 0.716. The van der Waals surface area contributed by atoms with Crippen molar-refractivity contribution in [1.82, 2.24) is 10.5 Å². The molecule has 0 atom stereocenters. The molecular weight excluding hydrogens is 208 g/mol. The second kappa shape index (κ2) is 4.55. The van der Waals surface area contributed by atoms with E-state index >= 15 is 0 Å². The molecule has 16 heavy (non-hydrogen) atoms. The highest BCUT2D eigenvalue weighted by atomic mass is 16.6. The van der Waals surface area contributed by atoms with Gasteiger partial charge in [-0.3, -0.25) is 0 Å². The third kappa shape index (κ3) is 3.56. The molecule has 0 saturated carbocycles. The number of hydrogen-bond donors (Lipinski definition) is 1. The number of hydrogen-bond acceptors (Lipinski definition) is 4. The van der Waals surface area contributed by atoms with E-state index in [0.29, 0.717) is 12.3 Å². The summed E-state index contributed by atoms with van der Waals surface area (Å²) in [7, 11) is 0. The molecule has 90 valence electrons. The van der Waals surface area contributed by atoms with E-state index in [9.17, 15) is 4.79 Å². The van der Waals surface area contributed by atoms with Gasteiger partial charge in [-0.05, 0) is 34.6 Å². The van der Waals surface area contributed by atoms with Crippen LogP contribution in [0.25, 0.3) is 0 Å². The van der Waals surface area contributed by atoms with E-state index in [1.54, 1.807) is 0 Å². The van der Waals surface area contributed by atoms with Gasteiger partial charge in [-0.25, -0.2) is 4.79 Å². The minimum absolute atomic E-state index is 0.371. The molecule has 0 saturated heterocycles. The molecule has 5 heteroatoms. The second-order valence-corrected chi connectivity index (χ2v) is 4.66. The Morgan fingerprint density at radius 1 is 1.44 bits per heavy atom.